The number of allylic oxidation sites excluding steroid dienone is 1. The van der Waals surface area contributed by atoms with Crippen molar-refractivity contribution in [3.05, 3.63) is 12.7 Å². The van der Waals surface area contributed by atoms with Crippen molar-refractivity contribution in [1.29, 1.82) is 0 Å². The lowest BCUT2D eigenvalue weighted by molar-refractivity contribution is 0.599. The van der Waals surface area contributed by atoms with E-state index in [2.05, 4.69) is 26.2 Å². The molecule has 0 saturated heterocycles. The van der Waals surface area contributed by atoms with Crippen LogP contribution in [0.1, 0.15) is 0 Å². The van der Waals surface area contributed by atoms with E-state index in [0.29, 0.717) is 0 Å². The first kappa shape index (κ1) is 9.13. The summed E-state index contributed by atoms with van der Waals surface area (Å²) in [5.74, 6) is 0. The predicted octanol–water partition coefficient (Wildman–Crippen LogP) is 1.53. The van der Waals surface area contributed by atoms with Crippen LogP contribution in [0.3, 0.4) is 0 Å². The third-order valence-electron chi connectivity index (χ3n) is 0.857. The zero-order chi connectivity index (χ0) is 7.33. The molecule has 0 amide bonds. The highest BCUT2D eigenvalue weighted by molar-refractivity contribution is 6.73. The molecule has 0 aromatic rings. The van der Waals surface area contributed by atoms with Crippen LogP contribution in [0, 0.1) is 0 Å². The lowest BCUT2D eigenvalue weighted by Gasteiger charge is -2.16. The van der Waals surface area contributed by atoms with Crippen LogP contribution in [0.4, 0.5) is 0 Å². The van der Waals surface area contributed by atoms with Crippen LogP contribution in [0.25, 0.3) is 0 Å². The summed E-state index contributed by atoms with van der Waals surface area (Å²) >= 11 is 0. The van der Waals surface area contributed by atoms with Gasteiger partial charge in [0.15, 0.2) is 8.32 Å². The standard InChI is InChI=1S/C6H16OSi2/c1-5-6-8-7-9(2,3)4/h5H,1,6,8H2,2-4H3. The SMILES string of the molecule is C=CC[SiH2]O[Si](C)(C)C. The van der Waals surface area contributed by atoms with Gasteiger partial charge in [-0.2, -0.15) is 0 Å². The Hall–Kier alpha value is 0.134. The topological polar surface area (TPSA) is 9.23 Å². The highest BCUT2D eigenvalue weighted by Gasteiger charge is 2.11. The van der Waals surface area contributed by atoms with E-state index in [1.54, 1.807) is 0 Å². The molecule has 0 saturated carbocycles. The van der Waals surface area contributed by atoms with E-state index in [9.17, 15) is 0 Å². The zero-order valence-corrected chi connectivity index (χ0v) is 9.02. The molecule has 0 spiro atoms. The number of hydrogen-bond acceptors (Lipinski definition) is 1. The van der Waals surface area contributed by atoms with Gasteiger partial charge in [-0.15, -0.1) is 6.58 Å². The van der Waals surface area contributed by atoms with Crippen LogP contribution in [-0.4, -0.2) is 18.1 Å². The highest BCUT2D eigenvalue weighted by atomic mass is 28.4. The van der Waals surface area contributed by atoms with Gasteiger partial charge in [-0.05, 0) is 25.7 Å². The molecule has 0 fully saturated rings. The first-order valence-electron chi connectivity index (χ1n) is 3.31. The molecule has 0 aromatic heterocycles. The van der Waals surface area contributed by atoms with E-state index in [1.807, 2.05) is 6.08 Å². The molecule has 0 aromatic carbocycles. The van der Waals surface area contributed by atoms with Crippen molar-refractivity contribution in [3.63, 3.8) is 0 Å². The Morgan fingerprint density at radius 1 is 1.56 bits per heavy atom. The maximum absolute atomic E-state index is 5.68. The van der Waals surface area contributed by atoms with Gasteiger partial charge in [0.25, 0.3) is 0 Å². The first-order chi connectivity index (χ1) is 4.06. The summed E-state index contributed by atoms with van der Waals surface area (Å²) in [5, 5.41) is 0. The second kappa shape index (κ2) is 4.03. The second-order valence-electron chi connectivity index (χ2n) is 3.04. The molecule has 3 heteroatoms. The van der Waals surface area contributed by atoms with Crippen LogP contribution in [-0.2, 0) is 4.12 Å². The van der Waals surface area contributed by atoms with Crippen molar-refractivity contribution in [2.75, 3.05) is 0 Å². The van der Waals surface area contributed by atoms with Gasteiger partial charge in [0.05, 0.1) is 0 Å². The fourth-order valence-electron chi connectivity index (χ4n) is 0.448. The molecular weight excluding hydrogens is 144 g/mol. The summed E-state index contributed by atoms with van der Waals surface area (Å²) in [5.41, 5.74) is 0. The van der Waals surface area contributed by atoms with Crippen molar-refractivity contribution in [2.45, 2.75) is 25.7 Å². The molecule has 1 nitrogen and oxygen atoms in total. The van der Waals surface area contributed by atoms with Crippen LogP contribution in [0.15, 0.2) is 12.7 Å². The van der Waals surface area contributed by atoms with Gasteiger partial charge in [-0.3, -0.25) is 0 Å². The lowest BCUT2D eigenvalue weighted by Crippen LogP contribution is -2.26. The van der Waals surface area contributed by atoms with E-state index in [4.69, 9.17) is 4.12 Å². The van der Waals surface area contributed by atoms with Crippen molar-refractivity contribution in [1.82, 2.24) is 0 Å². The second-order valence-corrected chi connectivity index (χ2v) is 9.40. The lowest BCUT2D eigenvalue weighted by atomic mass is 10.8. The molecule has 0 aliphatic carbocycles. The monoisotopic (exact) mass is 160 g/mol. The molecule has 0 bridgehead atoms. The van der Waals surface area contributed by atoms with Gasteiger partial charge < -0.3 is 4.12 Å². The van der Waals surface area contributed by atoms with Crippen molar-refractivity contribution >= 4 is 18.1 Å². The minimum Gasteiger partial charge on any atom is -0.460 e. The average molecular weight is 160 g/mol. The van der Waals surface area contributed by atoms with Gasteiger partial charge in [0, 0.05) is 0 Å². The molecule has 54 valence electrons. The Morgan fingerprint density at radius 3 is 2.44 bits per heavy atom. The summed E-state index contributed by atoms with van der Waals surface area (Å²) in [4.78, 5) is 0. The third-order valence-corrected chi connectivity index (χ3v) is 5.78. The number of hydrogen-bond donors (Lipinski definition) is 0. The normalized spacial score (nSPS) is 12.8. The minimum atomic E-state index is -1.18. The van der Waals surface area contributed by atoms with Crippen molar-refractivity contribution < 1.29 is 4.12 Å². The molecule has 0 unspecified atom stereocenters. The number of rotatable bonds is 4. The van der Waals surface area contributed by atoms with E-state index >= 15 is 0 Å². The summed E-state index contributed by atoms with van der Waals surface area (Å²) < 4.78 is 5.68. The Kier molecular flexibility index (Phi) is 4.09. The molecule has 0 atom stereocenters. The fraction of sp³-hybridized carbons (Fsp3) is 0.667. The zero-order valence-electron chi connectivity index (χ0n) is 6.61. The van der Waals surface area contributed by atoms with Crippen LogP contribution < -0.4 is 0 Å². The molecule has 9 heavy (non-hydrogen) atoms. The Morgan fingerprint density at radius 2 is 2.11 bits per heavy atom. The van der Waals surface area contributed by atoms with E-state index in [-0.39, 0.29) is 9.76 Å². The van der Waals surface area contributed by atoms with E-state index in [0.717, 1.165) is 6.04 Å². The maximum atomic E-state index is 5.68. The summed E-state index contributed by atoms with van der Waals surface area (Å²) in [6, 6.07) is 1.12. The molecule has 0 aliphatic heterocycles. The largest absolute Gasteiger partial charge is 0.460 e. The predicted molar refractivity (Wildman–Crippen MR) is 48.0 cm³/mol. The van der Waals surface area contributed by atoms with Crippen LogP contribution >= 0.6 is 0 Å². The molecule has 0 N–H and O–H groups in total. The first-order valence-corrected chi connectivity index (χ1v) is 8.29. The summed E-state index contributed by atoms with van der Waals surface area (Å²) in [6.07, 6.45) is 1.95. The van der Waals surface area contributed by atoms with Crippen molar-refractivity contribution in [2.24, 2.45) is 0 Å². The highest BCUT2D eigenvalue weighted by Crippen LogP contribution is 2.01. The van der Waals surface area contributed by atoms with Gasteiger partial charge in [0.2, 0.25) is 0 Å². The van der Waals surface area contributed by atoms with Gasteiger partial charge in [0.1, 0.15) is 9.76 Å². The van der Waals surface area contributed by atoms with Crippen LogP contribution in [0.2, 0.25) is 25.7 Å². The van der Waals surface area contributed by atoms with Gasteiger partial charge >= 0.3 is 0 Å². The van der Waals surface area contributed by atoms with E-state index < -0.39 is 8.32 Å². The third kappa shape index (κ3) is 8.13. The van der Waals surface area contributed by atoms with E-state index in [1.165, 1.54) is 0 Å². The Balaban J connectivity index is 3.17. The Bertz CT molecular complexity index is 85.5. The minimum absolute atomic E-state index is 0.249. The van der Waals surface area contributed by atoms with Crippen LogP contribution in [0.5, 0.6) is 0 Å². The average Bonchev–Trinajstić information content (AvgIpc) is 1.63. The van der Waals surface area contributed by atoms with Gasteiger partial charge in [-0.1, -0.05) is 6.08 Å². The molecule has 0 radical (unpaired) electrons. The quantitative estimate of drug-likeness (QED) is 0.344. The smallest absolute Gasteiger partial charge is 0.169 e. The Labute approximate surface area is 61.2 Å². The molecule has 0 heterocycles. The fourth-order valence-corrected chi connectivity index (χ4v) is 3.54. The van der Waals surface area contributed by atoms with Gasteiger partial charge in [-0.25, -0.2) is 0 Å². The maximum Gasteiger partial charge on any atom is 0.169 e. The van der Waals surface area contributed by atoms with Crippen molar-refractivity contribution in [3.8, 4) is 0 Å². The summed E-state index contributed by atoms with van der Waals surface area (Å²) in [6.45, 7) is 10.3. The molecule has 0 aliphatic rings. The molecular formula is C6H16OSi2. The summed E-state index contributed by atoms with van der Waals surface area (Å²) in [7, 11) is -1.43. The molecule has 0 rings (SSSR count).